The lowest BCUT2D eigenvalue weighted by molar-refractivity contribution is -0.147. The number of allylic oxidation sites excluding steroid dienone is 2. The van der Waals surface area contributed by atoms with Gasteiger partial charge in [-0.2, -0.15) is 0 Å². The molecule has 0 fully saturated rings. The number of aliphatic carboxylic acids is 1. The van der Waals surface area contributed by atoms with Crippen LogP contribution in [0.1, 0.15) is 155 Å². The molecular weight excluding hydrogens is 613 g/mol. The fourth-order valence-corrected chi connectivity index (χ4v) is 5.49. The average molecular weight is 678 g/mol. The molecule has 0 aliphatic carbocycles. The number of esters is 1. The second kappa shape index (κ2) is 30.5. The van der Waals surface area contributed by atoms with E-state index in [1.54, 1.807) is 0 Å². The van der Waals surface area contributed by atoms with Crippen molar-refractivity contribution >= 4 is 25.7 Å². The Balaban J connectivity index is 3.95. The number of nitrogens with one attached hydrogen (secondary N) is 1. The molecule has 1 amide bonds. The highest BCUT2D eigenvalue weighted by molar-refractivity contribution is 7.47. The number of carbonyl (C=O) groups excluding carboxylic acids is 2. The molecule has 0 heterocycles. The molecule has 0 aromatic heterocycles. The lowest BCUT2D eigenvalue weighted by atomic mass is 10.1. The number of phosphoric acid groups is 1. The van der Waals surface area contributed by atoms with Gasteiger partial charge in [0, 0.05) is 12.8 Å². The van der Waals surface area contributed by atoms with Gasteiger partial charge in [0.15, 0.2) is 6.04 Å². The van der Waals surface area contributed by atoms with Crippen molar-refractivity contribution < 1.29 is 47.8 Å². The highest BCUT2D eigenvalue weighted by Crippen LogP contribution is 2.43. The number of carboxylic acids is 1. The maximum atomic E-state index is 12.1. The SMILES string of the molecule is CCCCCCCC/C=C\CCCCCCCC(=O)OCC(O)COP(=O)(O)OCC(NC(=O)CCCCCCCCC)C(=O)O. The Hall–Kier alpha value is -1.78. The fraction of sp³-hybridized carbons (Fsp3) is 0.853. The smallest absolute Gasteiger partial charge is 0.472 e. The maximum Gasteiger partial charge on any atom is 0.472 e. The predicted molar refractivity (Wildman–Crippen MR) is 180 cm³/mol. The monoisotopic (exact) mass is 677 g/mol. The molecule has 12 heteroatoms. The number of carbonyl (C=O) groups is 3. The number of carboxylic acid groups (broad SMARTS) is 1. The molecule has 3 unspecified atom stereocenters. The van der Waals surface area contributed by atoms with Gasteiger partial charge < -0.3 is 25.2 Å². The molecule has 0 aromatic rings. The summed E-state index contributed by atoms with van der Waals surface area (Å²) in [5.41, 5.74) is 0. The highest BCUT2D eigenvalue weighted by Gasteiger charge is 2.28. The van der Waals surface area contributed by atoms with Crippen LogP contribution in [0, 0.1) is 0 Å². The molecule has 0 radical (unpaired) electrons. The van der Waals surface area contributed by atoms with E-state index >= 15 is 0 Å². The number of amides is 1. The zero-order valence-electron chi connectivity index (χ0n) is 28.6. The van der Waals surface area contributed by atoms with E-state index < -0.39 is 57.6 Å². The van der Waals surface area contributed by atoms with Crippen LogP contribution in [0.5, 0.6) is 0 Å². The summed E-state index contributed by atoms with van der Waals surface area (Å²) in [7, 11) is -4.74. The normalized spacial score (nSPS) is 14.2. The molecule has 0 saturated carbocycles. The minimum Gasteiger partial charge on any atom is -0.480 e. The zero-order chi connectivity index (χ0) is 34.3. The minimum absolute atomic E-state index is 0.146. The first-order valence-corrected chi connectivity index (χ1v) is 19.2. The van der Waals surface area contributed by atoms with Gasteiger partial charge in [0.25, 0.3) is 0 Å². The van der Waals surface area contributed by atoms with Crippen LogP contribution in [-0.4, -0.2) is 64.9 Å². The van der Waals surface area contributed by atoms with E-state index in [4.69, 9.17) is 13.8 Å². The standard InChI is InChI=1S/C34H64NO10P/c1-3-5-7-9-11-12-13-14-15-16-17-18-20-22-24-26-33(38)43-27-30(36)28-44-46(41,42)45-29-31(34(39)40)35-32(37)25-23-21-19-10-8-6-4-2/h14-15,30-31,36H,3-13,16-29H2,1-2H3,(H,35,37)(H,39,40)(H,41,42)/b15-14-. The maximum absolute atomic E-state index is 12.1. The van der Waals surface area contributed by atoms with Crippen molar-refractivity contribution in [2.24, 2.45) is 0 Å². The Morgan fingerprint density at radius 1 is 0.674 bits per heavy atom. The van der Waals surface area contributed by atoms with Crippen molar-refractivity contribution in [3.05, 3.63) is 12.2 Å². The predicted octanol–water partition coefficient (Wildman–Crippen LogP) is 7.77. The molecule has 0 saturated heterocycles. The van der Waals surface area contributed by atoms with Gasteiger partial charge in [-0.25, -0.2) is 9.36 Å². The first kappa shape index (κ1) is 44.2. The molecule has 3 atom stereocenters. The topological polar surface area (TPSA) is 169 Å². The Bertz CT molecular complexity index is 854. The second-order valence-electron chi connectivity index (χ2n) is 12.1. The third-order valence-corrected chi connectivity index (χ3v) is 8.51. The second-order valence-corrected chi connectivity index (χ2v) is 13.5. The zero-order valence-corrected chi connectivity index (χ0v) is 29.5. The minimum atomic E-state index is -4.74. The number of unbranched alkanes of at least 4 members (excludes halogenated alkanes) is 17. The number of aliphatic hydroxyl groups is 1. The van der Waals surface area contributed by atoms with E-state index in [1.807, 2.05) is 0 Å². The number of aliphatic hydroxyl groups excluding tert-OH is 1. The van der Waals surface area contributed by atoms with E-state index in [-0.39, 0.29) is 12.8 Å². The molecule has 0 aliphatic rings. The van der Waals surface area contributed by atoms with Crippen LogP contribution in [0.4, 0.5) is 0 Å². The first-order valence-electron chi connectivity index (χ1n) is 17.7. The quantitative estimate of drug-likeness (QED) is 0.0233. The van der Waals surface area contributed by atoms with Gasteiger partial charge in [0.2, 0.25) is 5.91 Å². The van der Waals surface area contributed by atoms with Gasteiger partial charge in [0.05, 0.1) is 13.2 Å². The van der Waals surface area contributed by atoms with E-state index in [1.165, 1.54) is 44.9 Å². The summed E-state index contributed by atoms with van der Waals surface area (Å²) < 4.78 is 26.6. The lowest BCUT2D eigenvalue weighted by Crippen LogP contribution is -2.43. The van der Waals surface area contributed by atoms with Crippen molar-refractivity contribution in [1.82, 2.24) is 5.32 Å². The Morgan fingerprint density at radius 3 is 1.65 bits per heavy atom. The van der Waals surface area contributed by atoms with Gasteiger partial charge >= 0.3 is 19.8 Å². The third kappa shape index (κ3) is 29.6. The number of rotatable bonds is 33. The molecule has 4 N–H and O–H groups in total. The van der Waals surface area contributed by atoms with Crippen molar-refractivity contribution in [1.29, 1.82) is 0 Å². The summed E-state index contributed by atoms with van der Waals surface area (Å²) in [5.74, 6) is -2.39. The molecule has 0 aliphatic heterocycles. The average Bonchev–Trinajstić information content (AvgIpc) is 3.02. The van der Waals surface area contributed by atoms with E-state index in [9.17, 15) is 34.1 Å². The van der Waals surface area contributed by atoms with Crippen LogP contribution in [-0.2, 0) is 32.7 Å². The van der Waals surface area contributed by atoms with Crippen LogP contribution in [0.15, 0.2) is 12.2 Å². The molecule has 270 valence electrons. The van der Waals surface area contributed by atoms with Crippen molar-refractivity contribution in [2.75, 3.05) is 19.8 Å². The van der Waals surface area contributed by atoms with Gasteiger partial charge in [-0.05, 0) is 38.5 Å². The molecule has 11 nitrogen and oxygen atoms in total. The van der Waals surface area contributed by atoms with Crippen LogP contribution in [0.25, 0.3) is 0 Å². The van der Waals surface area contributed by atoms with E-state index in [2.05, 4.69) is 31.3 Å². The van der Waals surface area contributed by atoms with E-state index in [0.29, 0.717) is 12.8 Å². The van der Waals surface area contributed by atoms with E-state index in [0.717, 1.165) is 70.6 Å². The van der Waals surface area contributed by atoms with Crippen LogP contribution in [0.3, 0.4) is 0 Å². The first-order chi connectivity index (χ1) is 22.1. The number of phosphoric ester groups is 1. The Kier molecular flexibility index (Phi) is 29.4. The largest absolute Gasteiger partial charge is 0.480 e. The van der Waals surface area contributed by atoms with Crippen molar-refractivity contribution in [3.63, 3.8) is 0 Å². The van der Waals surface area contributed by atoms with Crippen molar-refractivity contribution in [2.45, 2.75) is 167 Å². The molecular formula is C34H64NO10P. The number of ether oxygens (including phenoxy) is 1. The van der Waals surface area contributed by atoms with Gasteiger partial charge in [0.1, 0.15) is 12.7 Å². The number of hydrogen-bond acceptors (Lipinski definition) is 8. The summed E-state index contributed by atoms with van der Waals surface area (Å²) in [5, 5.41) is 21.6. The summed E-state index contributed by atoms with van der Waals surface area (Å²) in [4.78, 5) is 45.4. The molecule has 46 heavy (non-hydrogen) atoms. The fourth-order valence-electron chi connectivity index (χ4n) is 4.72. The molecule has 0 aromatic carbocycles. The molecule has 0 rings (SSSR count). The van der Waals surface area contributed by atoms with Gasteiger partial charge in [-0.15, -0.1) is 0 Å². The van der Waals surface area contributed by atoms with Gasteiger partial charge in [-0.1, -0.05) is 116 Å². The summed E-state index contributed by atoms with van der Waals surface area (Å²) in [6.07, 6.45) is 25.6. The van der Waals surface area contributed by atoms with Crippen LogP contribution in [0.2, 0.25) is 0 Å². The molecule has 0 bridgehead atoms. The van der Waals surface area contributed by atoms with Gasteiger partial charge in [-0.3, -0.25) is 18.6 Å². The van der Waals surface area contributed by atoms with Crippen LogP contribution >= 0.6 is 7.82 Å². The summed E-state index contributed by atoms with van der Waals surface area (Å²) in [6.45, 7) is 2.48. The summed E-state index contributed by atoms with van der Waals surface area (Å²) >= 11 is 0. The lowest BCUT2D eigenvalue weighted by Gasteiger charge is -2.18. The Morgan fingerprint density at radius 2 is 1.13 bits per heavy atom. The highest BCUT2D eigenvalue weighted by atomic mass is 31.2. The third-order valence-electron chi connectivity index (χ3n) is 7.55. The van der Waals surface area contributed by atoms with Crippen molar-refractivity contribution in [3.8, 4) is 0 Å². The molecule has 0 spiro atoms. The Labute approximate surface area is 277 Å². The number of hydrogen-bond donors (Lipinski definition) is 4. The van der Waals surface area contributed by atoms with Crippen LogP contribution < -0.4 is 5.32 Å². The summed E-state index contributed by atoms with van der Waals surface area (Å²) in [6, 6.07) is -1.54.